The summed E-state index contributed by atoms with van der Waals surface area (Å²) in [4.78, 5) is 51.0. The predicted molar refractivity (Wildman–Crippen MR) is 122 cm³/mol. The summed E-state index contributed by atoms with van der Waals surface area (Å²) in [7, 11) is 0. The fraction of sp³-hybridized carbons (Fsp3) is 0.160. The van der Waals surface area contributed by atoms with Crippen molar-refractivity contribution in [2.45, 2.75) is 26.3 Å². The van der Waals surface area contributed by atoms with Crippen LogP contribution in [-0.2, 0) is 11.2 Å². The molecule has 0 saturated heterocycles. The predicted octanol–water partition coefficient (Wildman–Crippen LogP) is 4.06. The molecule has 3 aromatic rings. The summed E-state index contributed by atoms with van der Waals surface area (Å²) in [5.74, 6) is -1.60. The van der Waals surface area contributed by atoms with Crippen molar-refractivity contribution in [3.05, 3.63) is 105 Å². The van der Waals surface area contributed by atoms with Gasteiger partial charge in [-0.05, 0) is 48.7 Å². The van der Waals surface area contributed by atoms with Gasteiger partial charge in [0.05, 0.1) is 16.1 Å². The highest BCUT2D eigenvalue weighted by Gasteiger charge is 2.42. The Morgan fingerprint density at radius 3 is 2.15 bits per heavy atom. The smallest absolute Gasteiger partial charge is 0.269 e. The number of hydrogen-bond donors (Lipinski definition) is 1. The molecule has 3 aromatic carbocycles. The number of non-ortho nitro benzene ring substituents is 1. The zero-order valence-corrected chi connectivity index (χ0v) is 18.1. The number of fused-ring (bicyclic) bond motifs is 1. The minimum Gasteiger partial charge on any atom is -0.324 e. The third-order valence-corrected chi connectivity index (χ3v) is 5.67. The summed E-state index contributed by atoms with van der Waals surface area (Å²) < 4.78 is 0. The van der Waals surface area contributed by atoms with E-state index in [1.807, 2.05) is 32.0 Å². The number of nitro benzene ring substituents is 1. The molecule has 0 unspecified atom stereocenters. The number of rotatable bonds is 6. The SMILES string of the molecule is Cc1ccc(C)c(NC(=O)[C@@H](Cc2ccc([N+](=O)[O-])cc2)N2C(=O)c3ccccc3C2=O)c1. The maximum atomic E-state index is 13.4. The van der Waals surface area contributed by atoms with Crippen molar-refractivity contribution < 1.29 is 19.3 Å². The Labute approximate surface area is 190 Å². The van der Waals surface area contributed by atoms with Crippen molar-refractivity contribution in [3.63, 3.8) is 0 Å². The van der Waals surface area contributed by atoms with Crippen LogP contribution >= 0.6 is 0 Å². The van der Waals surface area contributed by atoms with Crippen molar-refractivity contribution in [2.75, 3.05) is 5.32 Å². The van der Waals surface area contributed by atoms with Gasteiger partial charge < -0.3 is 5.32 Å². The van der Waals surface area contributed by atoms with Gasteiger partial charge in [0.25, 0.3) is 17.5 Å². The molecule has 4 rings (SSSR count). The number of nitro groups is 1. The number of hydrogen-bond acceptors (Lipinski definition) is 5. The summed E-state index contributed by atoms with van der Waals surface area (Å²) in [5.41, 5.74) is 3.36. The molecule has 0 saturated carbocycles. The van der Waals surface area contributed by atoms with Gasteiger partial charge in [0, 0.05) is 24.2 Å². The van der Waals surface area contributed by atoms with Crippen LogP contribution in [0.15, 0.2) is 66.7 Å². The molecule has 1 N–H and O–H groups in total. The van der Waals surface area contributed by atoms with Gasteiger partial charge in [-0.1, -0.05) is 36.4 Å². The molecular formula is C25H21N3O5. The summed E-state index contributed by atoms with van der Waals surface area (Å²) >= 11 is 0. The van der Waals surface area contributed by atoms with E-state index in [4.69, 9.17) is 0 Å². The molecule has 8 nitrogen and oxygen atoms in total. The third-order valence-electron chi connectivity index (χ3n) is 5.67. The van der Waals surface area contributed by atoms with E-state index in [9.17, 15) is 24.5 Å². The van der Waals surface area contributed by atoms with Crippen LogP contribution in [0.2, 0.25) is 0 Å². The molecular weight excluding hydrogens is 422 g/mol. The van der Waals surface area contributed by atoms with Crippen LogP contribution in [0, 0.1) is 24.0 Å². The van der Waals surface area contributed by atoms with E-state index in [1.165, 1.54) is 24.3 Å². The fourth-order valence-corrected chi connectivity index (χ4v) is 3.86. The average Bonchev–Trinajstić information content (AvgIpc) is 3.05. The van der Waals surface area contributed by atoms with Crippen molar-refractivity contribution in [2.24, 2.45) is 0 Å². The minimum absolute atomic E-state index is 0.0140. The Bertz CT molecular complexity index is 1250. The lowest BCUT2D eigenvalue weighted by atomic mass is 10.0. The van der Waals surface area contributed by atoms with Crippen molar-refractivity contribution in [1.82, 2.24) is 4.90 Å². The lowest BCUT2D eigenvalue weighted by Crippen LogP contribution is -2.48. The number of imide groups is 1. The average molecular weight is 443 g/mol. The first kappa shape index (κ1) is 21.9. The van der Waals surface area contributed by atoms with Crippen LogP contribution in [-0.4, -0.2) is 33.6 Å². The fourth-order valence-electron chi connectivity index (χ4n) is 3.86. The van der Waals surface area contributed by atoms with Crippen LogP contribution in [0.3, 0.4) is 0 Å². The van der Waals surface area contributed by atoms with Crippen LogP contribution in [0.4, 0.5) is 11.4 Å². The van der Waals surface area contributed by atoms with Gasteiger partial charge in [-0.2, -0.15) is 0 Å². The van der Waals surface area contributed by atoms with Gasteiger partial charge in [0.1, 0.15) is 6.04 Å². The quantitative estimate of drug-likeness (QED) is 0.351. The molecule has 0 fully saturated rings. The summed E-state index contributed by atoms with van der Waals surface area (Å²) in [6.45, 7) is 3.75. The van der Waals surface area contributed by atoms with E-state index in [1.54, 1.807) is 24.3 Å². The highest BCUT2D eigenvalue weighted by atomic mass is 16.6. The number of anilines is 1. The third kappa shape index (κ3) is 4.23. The number of aryl methyl sites for hydroxylation is 2. The zero-order chi connectivity index (χ0) is 23.7. The second-order valence-electron chi connectivity index (χ2n) is 7.98. The van der Waals surface area contributed by atoms with Crippen molar-refractivity contribution in [1.29, 1.82) is 0 Å². The van der Waals surface area contributed by atoms with Crippen LogP contribution in [0.1, 0.15) is 37.4 Å². The zero-order valence-electron chi connectivity index (χ0n) is 18.1. The molecule has 3 amide bonds. The first-order valence-electron chi connectivity index (χ1n) is 10.3. The van der Waals surface area contributed by atoms with E-state index < -0.39 is 28.7 Å². The van der Waals surface area contributed by atoms with Crippen LogP contribution in [0.25, 0.3) is 0 Å². The maximum Gasteiger partial charge on any atom is 0.269 e. The van der Waals surface area contributed by atoms with Gasteiger partial charge in [-0.3, -0.25) is 29.4 Å². The highest BCUT2D eigenvalue weighted by Crippen LogP contribution is 2.27. The van der Waals surface area contributed by atoms with Crippen LogP contribution < -0.4 is 5.32 Å². The highest BCUT2D eigenvalue weighted by molar-refractivity contribution is 6.23. The van der Waals surface area contributed by atoms with E-state index in [0.717, 1.165) is 16.0 Å². The van der Waals surface area contributed by atoms with E-state index >= 15 is 0 Å². The molecule has 0 aromatic heterocycles. The molecule has 1 atom stereocenters. The number of nitrogens with zero attached hydrogens (tertiary/aromatic N) is 2. The Kier molecular flexibility index (Phi) is 5.74. The normalized spacial score (nSPS) is 13.6. The molecule has 0 radical (unpaired) electrons. The van der Waals surface area contributed by atoms with Gasteiger partial charge in [-0.25, -0.2) is 0 Å². The van der Waals surface area contributed by atoms with Crippen LogP contribution in [0.5, 0.6) is 0 Å². The molecule has 0 bridgehead atoms. The molecule has 0 spiro atoms. The molecule has 0 aliphatic carbocycles. The number of carbonyl (C=O) groups excluding carboxylic acids is 3. The lowest BCUT2D eigenvalue weighted by molar-refractivity contribution is -0.384. The van der Waals surface area contributed by atoms with Gasteiger partial charge in [-0.15, -0.1) is 0 Å². The molecule has 33 heavy (non-hydrogen) atoms. The first-order valence-corrected chi connectivity index (χ1v) is 10.3. The number of nitrogens with one attached hydrogen (secondary N) is 1. The Morgan fingerprint density at radius 1 is 0.970 bits per heavy atom. The second-order valence-corrected chi connectivity index (χ2v) is 7.98. The monoisotopic (exact) mass is 443 g/mol. The second kappa shape index (κ2) is 8.66. The first-order chi connectivity index (χ1) is 15.8. The van der Waals surface area contributed by atoms with E-state index in [0.29, 0.717) is 11.3 Å². The van der Waals surface area contributed by atoms with Gasteiger partial charge in [0.15, 0.2) is 0 Å². The molecule has 166 valence electrons. The molecule has 8 heteroatoms. The van der Waals surface area contributed by atoms with Gasteiger partial charge >= 0.3 is 0 Å². The van der Waals surface area contributed by atoms with E-state index in [-0.39, 0.29) is 23.2 Å². The van der Waals surface area contributed by atoms with Crippen molar-refractivity contribution >= 4 is 29.1 Å². The lowest BCUT2D eigenvalue weighted by Gasteiger charge is -2.26. The largest absolute Gasteiger partial charge is 0.324 e. The Balaban J connectivity index is 1.70. The number of carbonyl (C=O) groups is 3. The number of benzene rings is 3. The maximum absolute atomic E-state index is 13.4. The standard InChI is InChI=1S/C25H21N3O5/c1-15-7-8-16(2)21(13-15)26-23(29)22(14-17-9-11-18(12-10-17)28(32)33)27-24(30)19-5-3-4-6-20(19)25(27)31/h3-13,22H,14H2,1-2H3,(H,26,29)/t22-/m1/s1. The molecule has 1 aliphatic rings. The summed E-state index contributed by atoms with van der Waals surface area (Å²) in [6, 6.07) is 16.6. The van der Waals surface area contributed by atoms with Gasteiger partial charge in [0.2, 0.25) is 5.91 Å². The topological polar surface area (TPSA) is 110 Å². The Hall–Kier alpha value is -4.33. The Morgan fingerprint density at radius 2 is 1.58 bits per heavy atom. The number of amides is 3. The summed E-state index contributed by atoms with van der Waals surface area (Å²) in [6.07, 6.45) is 0.0140. The molecule has 1 aliphatic heterocycles. The molecule has 1 heterocycles. The van der Waals surface area contributed by atoms with Crippen molar-refractivity contribution in [3.8, 4) is 0 Å². The minimum atomic E-state index is -1.14. The van der Waals surface area contributed by atoms with E-state index in [2.05, 4.69) is 5.32 Å². The summed E-state index contributed by atoms with van der Waals surface area (Å²) in [5, 5.41) is 13.8.